The molecule has 0 radical (unpaired) electrons. The molecule has 1 rings (SSSR count). The minimum Gasteiger partial charge on any atom is -0.481 e. The van der Waals surface area contributed by atoms with Gasteiger partial charge in [-0.15, -0.1) is 0 Å². The molecular weight excluding hydrogens is 240 g/mol. The number of carbonyl (C=O) groups is 3. The molecule has 0 bridgehead atoms. The molecule has 1 aromatic heterocycles. The average molecular weight is 250 g/mol. The molecule has 0 atom stereocenters. The number of aliphatic carboxylic acids is 1. The number of amides is 2. The Bertz CT molecular complexity index is 510. The highest BCUT2D eigenvalue weighted by Crippen LogP contribution is 2.08. The van der Waals surface area contributed by atoms with E-state index in [9.17, 15) is 14.4 Å². The quantitative estimate of drug-likeness (QED) is 0.728. The van der Waals surface area contributed by atoms with Crippen LogP contribution in [0.15, 0.2) is 30.5 Å². The van der Waals surface area contributed by atoms with E-state index in [1.807, 2.05) is 5.32 Å². The van der Waals surface area contributed by atoms with Crippen LogP contribution in [0.1, 0.15) is 10.4 Å². The molecule has 0 aliphatic heterocycles. The van der Waals surface area contributed by atoms with Gasteiger partial charge in [0.15, 0.2) is 0 Å². The van der Waals surface area contributed by atoms with Crippen LogP contribution in [-0.4, -0.2) is 35.0 Å². The first-order valence-corrected chi connectivity index (χ1v) is 4.79. The van der Waals surface area contributed by atoms with E-state index in [0.717, 1.165) is 6.08 Å². The summed E-state index contributed by atoms with van der Waals surface area (Å²) in [6.45, 7) is 0. The van der Waals surface area contributed by atoms with Crippen LogP contribution in [0.25, 0.3) is 0 Å². The largest absolute Gasteiger partial charge is 0.481 e. The van der Waals surface area contributed by atoms with Crippen molar-refractivity contribution >= 4 is 17.8 Å². The van der Waals surface area contributed by atoms with E-state index in [1.54, 1.807) is 0 Å². The second kappa shape index (κ2) is 6.14. The van der Waals surface area contributed by atoms with Gasteiger partial charge in [-0.3, -0.25) is 14.9 Å². The van der Waals surface area contributed by atoms with Crippen molar-refractivity contribution in [2.45, 2.75) is 0 Å². The number of nitrogens with one attached hydrogen (secondary N) is 1. The van der Waals surface area contributed by atoms with Gasteiger partial charge in [-0.25, -0.2) is 9.78 Å². The Morgan fingerprint density at radius 3 is 2.72 bits per heavy atom. The minimum absolute atomic E-state index is 0.180. The van der Waals surface area contributed by atoms with Gasteiger partial charge >= 0.3 is 5.97 Å². The second-order valence-electron chi connectivity index (χ2n) is 3.08. The van der Waals surface area contributed by atoms with E-state index in [-0.39, 0.29) is 11.4 Å². The summed E-state index contributed by atoms with van der Waals surface area (Å²) in [6, 6.07) is 2.75. The minimum atomic E-state index is -1.27. The molecule has 2 amide bonds. The maximum absolute atomic E-state index is 11.6. The maximum atomic E-state index is 11.6. The second-order valence-corrected chi connectivity index (χ2v) is 3.08. The van der Waals surface area contributed by atoms with Gasteiger partial charge in [-0.1, -0.05) is 0 Å². The summed E-state index contributed by atoms with van der Waals surface area (Å²) in [7, 11) is 1.39. The number of carboxylic acid groups (broad SMARTS) is 1. The number of pyridine rings is 1. The monoisotopic (exact) mass is 250 g/mol. The van der Waals surface area contributed by atoms with Crippen LogP contribution in [0.5, 0.6) is 5.88 Å². The molecule has 0 spiro atoms. The van der Waals surface area contributed by atoms with Gasteiger partial charge in [0.05, 0.1) is 7.11 Å². The van der Waals surface area contributed by atoms with Crippen LogP contribution in [0.3, 0.4) is 0 Å². The van der Waals surface area contributed by atoms with Crippen LogP contribution >= 0.6 is 0 Å². The predicted molar refractivity (Wildman–Crippen MR) is 60.0 cm³/mol. The van der Waals surface area contributed by atoms with Crippen molar-refractivity contribution in [3.8, 4) is 5.88 Å². The fourth-order valence-electron chi connectivity index (χ4n) is 1.04. The Morgan fingerprint density at radius 2 is 2.11 bits per heavy atom. The zero-order chi connectivity index (χ0) is 13.5. The zero-order valence-electron chi connectivity index (χ0n) is 9.41. The van der Waals surface area contributed by atoms with Crippen molar-refractivity contribution in [1.82, 2.24) is 10.3 Å². The zero-order valence-corrected chi connectivity index (χ0v) is 9.41. The maximum Gasteiger partial charge on any atom is 0.328 e. The Labute approximate surface area is 102 Å². The molecule has 0 fully saturated rings. The highest BCUT2D eigenvalue weighted by atomic mass is 16.5. The number of rotatable bonds is 4. The van der Waals surface area contributed by atoms with Gasteiger partial charge in [-0.05, 0) is 6.07 Å². The summed E-state index contributed by atoms with van der Waals surface area (Å²) in [6.07, 6.45) is 2.74. The van der Waals surface area contributed by atoms with E-state index in [4.69, 9.17) is 9.84 Å². The predicted octanol–water partition coefficient (Wildman–Crippen LogP) is -0.0126. The highest BCUT2D eigenvalue weighted by Gasteiger charge is 2.09. The number of hydrogen-bond donors (Lipinski definition) is 2. The van der Waals surface area contributed by atoms with Crippen LogP contribution in [0.4, 0.5) is 0 Å². The molecule has 0 saturated heterocycles. The lowest BCUT2D eigenvalue weighted by atomic mass is 10.2. The van der Waals surface area contributed by atoms with Crippen LogP contribution in [0, 0.1) is 0 Å². The lowest BCUT2D eigenvalue weighted by Gasteiger charge is -2.02. The average Bonchev–Trinajstić information content (AvgIpc) is 2.36. The van der Waals surface area contributed by atoms with E-state index >= 15 is 0 Å². The number of hydrogen-bond acceptors (Lipinski definition) is 5. The van der Waals surface area contributed by atoms with E-state index in [1.165, 1.54) is 25.4 Å². The van der Waals surface area contributed by atoms with Gasteiger partial charge in [0.25, 0.3) is 11.8 Å². The first-order chi connectivity index (χ1) is 8.52. The summed E-state index contributed by atoms with van der Waals surface area (Å²) >= 11 is 0. The summed E-state index contributed by atoms with van der Waals surface area (Å²) < 4.78 is 4.82. The molecule has 1 heterocycles. The molecule has 94 valence electrons. The third-order valence-corrected chi connectivity index (χ3v) is 1.82. The molecule has 7 nitrogen and oxygen atoms in total. The molecule has 2 N–H and O–H groups in total. The van der Waals surface area contributed by atoms with Crippen molar-refractivity contribution in [3.05, 3.63) is 36.0 Å². The van der Waals surface area contributed by atoms with Crippen molar-refractivity contribution in [2.24, 2.45) is 0 Å². The standard InChI is InChI=1S/C11H10N2O5/c1-18-9-6-7(4-5-12-9)11(17)13-8(14)2-3-10(15)16/h2-6H,1H3,(H,15,16)(H,13,14,17). The van der Waals surface area contributed by atoms with Crippen LogP contribution in [0.2, 0.25) is 0 Å². The molecule has 1 aromatic rings. The molecule has 18 heavy (non-hydrogen) atoms. The molecule has 0 saturated carbocycles. The first kappa shape index (κ1) is 13.4. The van der Waals surface area contributed by atoms with Crippen molar-refractivity contribution in [3.63, 3.8) is 0 Å². The van der Waals surface area contributed by atoms with Crippen molar-refractivity contribution in [2.75, 3.05) is 7.11 Å². The number of imide groups is 1. The Morgan fingerprint density at radius 1 is 1.39 bits per heavy atom. The summed E-state index contributed by atoms with van der Waals surface area (Å²) in [5.41, 5.74) is 0.180. The first-order valence-electron chi connectivity index (χ1n) is 4.79. The molecule has 0 aliphatic rings. The van der Waals surface area contributed by atoms with Crippen LogP contribution in [-0.2, 0) is 9.59 Å². The van der Waals surface area contributed by atoms with Crippen LogP contribution < -0.4 is 10.1 Å². The Balaban J connectivity index is 2.70. The normalized spacial score (nSPS) is 10.1. The van der Waals surface area contributed by atoms with Crippen molar-refractivity contribution < 1.29 is 24.2 Å². The van der Waals surface area contributed by atoms with Gasteiger partial charge in [0.1, 0.15) is 0 Å². The fraction of sp³-hybridized carbons (Fsp3) is 0.0909. The molecule has 0 aliphatic carbocycles. The number of carboxylic acids is 1. The smallest absolute Gasteiger partial charge is 0.328 e. The van der Waals surface area contributed by atoms with E-state index < -0.39 is 17.8 Å². The Hall–Kier alpha value is -2.70. The number of aromatic nitrogens is 1. The number of methoxy groups -OCH3 is 1. The summed E-state index contributed by atoms with van der Waals surface area (Å²) in [5.74, 6) is -2.53. The van der Waals surface area contributed by atoms with E-state index in [0.29, 0.717) is 6.08 Å². The van der Waals surface area contributed by atoms with Crippen molar-refractivity contribution in [1.29, 1.82) is 0 Å². The SMILES string of the molecule is COc1cc(C(=O)NC(=O)C=CC(=O)O)ccn1. The molecule has 0 aromatic carbocycles. The van der Waals surface area contributed by atoms with Gasteiger partial charge < -0.3 is 9.84 Å². The number of ether oxygens (including phenoxy) is 1. The summed E-state index contributed by atoms with van der Waals surface area (Å²) in [4.78, 5) is 36.7. The lowest BCUT2D eigenvalue weighted by molar-refractivity contribution is -0.131. The Kier molecular flexibility index (Phi) is 4.56. The van der Waals surface area contributed by atoms with Gasteiger partial charge in [0, 0.05) is 30.0 Å². The number of nitrogens with zero attached hydrogens (tertiary/aromatic N) is 1. The lowest BCUT2D eigenvalue weighted by Crippen LogP contribution is -2.29. The summed E-state index contributed by atoms with van der Waals surface area (Å²) in [5, 5.41) is 10.3. The topological polar surface area (TPSA) is 106 Å². The third-order valence-electron chi connectivity index (χ3n) is 1.82. The fourth-order valence-corrected chi connectivity index (χ4v) is 1.04. The number of carbonyl (C=O) groups excluding carboxylic acids is 2. The van der Waals surface area contributed by atoms with E-state index in [2.05, 4.69) is 4.98 Å². The molecule has 0 unspecified atom stereocenters. The molecule has 7 heteroatoms. The van der Waals surface area contributed by atoms with Gasteiger partial charge in [0.2, 0.25) is 5.88 Å². The van der Waals surface area contributed by atoms with Gasteiger partial charge in [-0.2, -0.15) is 0 Å². The molecular formula is C11H10N2O5. The highest BCUT2D eigenvalue weighted by molar-refractivity contribution is 6.09. The third kappa shape index (κ3) is 4.05.